The first-order valence-corrected chi connectivity index (χ1v) is 6.15. The summed E-state index contributed by atoms with van der Waals surface area (Å²) in [5, 5.41) is 6.82. The topological polar surface area (TPSA) is 86.0 Å². The van der Waals surface area contributed by atoms with E-state index in [1.54, 1.807) is 0 Å². The molecule has 7 nitrogen and oxygen atoms in total. The number of aryl methyl sites for hydroxylation is 1. The predicted molar refractivity (Wildman–Crippen MR) is 69.2 cm³/mol. The van der Waals surface area contributed by atoms with Crippen LogP contribution in [0.2, 0.25) is 5.28 Å². The van der Waals surface area contributed by atoms with E-state index in [0.717, 1.165) is 5.69 Å². The highest BCUT2D eigenvalue weighted by Gasteiger charge is 2.08. The van der Waals surface area contributed by atoms with E-state index in [2.05, 4.69) is 25.4 Å². The lowest BCUT2D eigenvalue weighted by Gasteiger charge is -2.09. The minimum atomic E-state index is -0.0387. The Morgan fingerprint density at radius 1 is 1.37 bits per heavy atom. The van der Waals surface area contributed by atoms with Crippen LogP contribution < -0.4 is 10.1 Å². The molecule has 2 aromatic heterocycles. The zero-order valence-electron chi connectivity index (χ0n) is 10.8. The Balaban J connectivity index is 2.05. The molecule has 2 heterocycles. The molecular formula is C11H14ClN5O2. The van der Waals surface area contributed by atoms with Crippen molar-refractivity contribution in [2.24, 2.45) is 0 Å². The van der Waals surface area contributed by atoms with Crippen molar-refractivity contribution in [3.05, 3.63) is 22.8 Å². The summed E-state index contributed by atoms with van der Waals surface area (Å²) in [4.78, 5) is 11.9. The standard InChI is InChI=1S/C11H14ClN5O2/c1-6(2)18-11-15-9(12)14-10(16-11)13-5-8-4-7(3)17-19-8/h4,6H,5H2,1-3H3,(H,13,14,15,16). The lowest BCUT2D eigenvalue weighted by atomic mass is 10.4. The van der Waals surface area contributed by atoms with Gasteiger partial charge in [0.2, 0.25) is 11.2 Å². The van der Waals surface area contributed by atoms with E-state index in [1.165, 1.54) is 0 Å². The van der Waals surface area contributed by atoms with Gasteiger partial charge >= 0.3 is 6.01 Å². The van der Waals surface area contributed by atoms with Gasteiger partial charge in [-0.2, -0.15) is 15.0 Å². The Morgan fingerprint density at radius 2 is 2.16 bits per heavy atom. The SMILES string of the molecule is Cc1cc(CNc2nc(Cl)nc(OC(C)C)n2)on1. The minimum absolute atomic E-state index is 0.0387. The molecule has 0 amide bonds. The molecule has 0 aliphatic rings. The summed E-state index contributed by atoms with van der Waals surface area (Å²) >= 11 is 5.80. The number of anilines is 1. The second-order valence-corrected chi connectivity index (χ2v) is 4.50. The van der Waals surface area contributed by atoms with Crippen LogP contribution in [0.1, 0.15) is 25.3 Å². The molecule has 0 aromatic carbocycles. The Bertz CT molecular complexity index is 558. The van der Waals surface area contributed by atoms with Crippen LogP contribution in [-0.2, 0) is 6.54 Å². The molecule has 0 saturated heterocycles. The van der Waals surface area contributed by atoms with Gasteiger partial charge in [-0.1, -0.05) is 5.16 Å². The molecular weight excluding hydrogens is 270 g/mol. The van der Waals surface area contributed by atoms with Crippen LogP contribution in [0.3, 0.4) is 0 Å². The summed E-state index contributed by atoms with van der Waals surface area (Å²) in [7, 11) is 0. The normalized spacial score (nSPS) is 10.8. The Kier molecular flexibility index (Phi) is 4.16. The fourth-order valence-corrected chi connectivity index (χ4v) is 1.49. The van der Waals surface area contributed by atoms with Gasteiger partial charge in [0.25, 0.3) is 0 Å². The Labute approximate surface area is 115 Å². The molecule has 0 unspecified atom stereocenters. The molecule has 2 rings (SSSR count). The van der Waals surface area contributed by atoms with Gasteiger partial charge in [-0.25, -0.2) is 0 Å². The van der Waals surface area contributed by atoms with Gasteiger partial charge < -0.3 is 14.6 Å². The summed E-state index contributed by atoms with van der Waals surface area (Å²) in [5.74, 6) is 1.00. The summed E-state index contributed by atoms with van der Waals surface area (Å²) in [5.41, 5.74) is 0.814. The fraction of sp³-hybridized carbons (Fsp3) is 0.455. The van der Waals surface area contributed by atoms with E-state index >= 15 is 0 Å². The molecule has 0 bridgehead atoms. The van der Waals surface area contributed by atoms with Gasteiger partial charge in [-0.05, 0) is 32.4 Å². The maximum absolute atomic E-state index is 5.80. The first-order chi connectivity index (χ1) is 9.02. The van der Waals surface area contributed by atoms with E-state index in [4.69, 9.17) is 20.9 Å². The lowest BCUT2D eigenvalue weighted by molar-refractivity contribution is 0.222. The molecule has 1 N–H and O–H groups in total. The molecule has 2 aromatic rings. The van der Waals surface area contributed by atoms with Gasteiger partial charge in [-0.3, -0.25) is 0 Å². The molecule has 0 aliphatic carbocycles. The lowest BCUT2D eigenvalue weighted by Crippen LogP contribution is -2.11. The number of nitrogens with zero attached hydrogens (tertiary/aromatic N) is 4. The zero-order chi connectivity index (χ0) is 13.8. The first kappa shape index (κ1) is 13.5. The third kappa shape index (κ3) is 4.06. The van der Waals surface area contributed by atoms with Crippen LogP contribution in [0.15, 0.2) is 10.6 Å². The van der Waals surface area contributed by atoms with E-state index in [9.17, 15) is 0 Å². The summed E-state index contributed by atoms with van der Waals surface area (Å²) in [6.07, 6.45) is -0.0387. The predicted octanol–water partition coefficient (Wildman–Crippen LogP) is 2.22. The molecule has 19 heavy (non-hydrogen) atoms. The quantitative estimate of drug-likeness (QED) is 0.900. The van der Waals surface area contributed by atoms with Crippen molar-refractivity contribution in [3.63, 3.8) is 0 Å². The van der Waals surface area contributed by atoms with Gasteiger partial charge in [0.05, 0.1) is 18.3 Å². The van der Waals surface area contributed by atoms with E-state index in [0.29, 0.717) is 18.3 Å². The molecule has 0 aliphatic heterocycles. The monoisotopic (exact) mass is 283 g/mol. The second-order valence-electron chi connectivity index (χ2n) is 4.17. The van der Waals surface area contributed by atoms with Crippen molar-refractivity contribution in [2.75, 3.05) is 5.32 Å². The fourth-order valence-electron chi connectivity index (χ4n) is 1.34. The molecule has 0 radical (unpaired) electrons. The van der Waals surface area contributed by atoms with Crippen molar-refractivity contribution in [1.82, 2.24) is 20.1 Å². The first-order valence-electron chi connectivity index (χ1n) is 5.77. The van der Waals surface area contributed by atoms with Crippen LogP contribution >= 0.6 is 11.6 Å². The van der Waals surface area contributed by atoms with Crippen molar-refractivity contribution in [3.8, 4) is 6.01 Å². The van der Waals surface area contributed by atoms with Crippen LogP contribution in [0.25, 0.3) is 0 Å². The van der Waals surface area contributed by atoms with Crippen molar-refractivity contribution in [2.45, 2.75) is 33.4 Å². The average molecular weight is 284 g/mol. The third-order valence-electron chi connectivity index (χ3n) is 2.03. The molecule has 102 valence electrons. The number of aromatic nitrogens is 4. The molecule has 0 spiro atoms. The summed E-state index contributed by atoms with van der Waals surface area (Å²) < 4.78 is 10.4. The largest absolute Gasteiger partial charge is 0.461 e. The Hall–Kier alpha value is -1.89. The number of nitrogens with one attached hydrogen (secondary N) is 1. The maximum atomic E-state index is 5.80. The zero-order valence-corrected chi connectivity index (χ0v) is 11.6. The summed E-state index contributed by atoms with van der Waals surface area (Å²) in [6, 6.07) is 2.01. The van der Waals surface area contributed by atoms with Crippen LogP contribution in [0, 0.1) is 6.92 Å². The van der Waals surface area contributed by atoms with Crippen molar-refractivity contribution in [1.29, 1.82) is 0 Å². The molecule has 8 heteroatoms. The van der Waals surface area contributed by atoms with Gasteiger partial charge in [0.15, 0.2) is 5.76 Å². The van der Waals surface area contributed by atoms with Crippen molar-refractivity contribution < 1.29 is 9.26 Å². The number of ether oxygens (including phenoxy) is 1. The van der Waals surface area contributed by atoms with Gasteiger partial charge in [-0.15, -0.1) is 0 Å². The highest BCUT2D eigenvalue weighted by atomic mass is 35.5. The van der Waals surface area contributed by atoms with Crippen LogP contribution in [-0.4, -0.2) is 26.2 Å². The number of hydrogen-bond donors (Lipinski definition) is 1. The van der Waals surface area contributed by atoms with E-state index in [1.807, 2.05) is 26.8 Å². The average Bonchev–Trinajstić information content (AvgIpc) is 2.71. The number of hydrogen-bond acceptors (Lipinski definition) is 7. The number of halogens is 1. The van der Waals surface area contributed by atoms with E-state index < -0.39 is 0 Å². The minimum Gasteiger partial charge on any atom is -0.461 e. The number of rotatable bonds is 5. The van der Waals surface area contributed by atoms with Gasteiger partial charge in [0.1, 0.15) is 0 Å². The molecule has 0 saturated carbocycles. The highest BCUT2D eigenvalue weighted by Crippen LogP contribution is 2.13. The molecule has 0 atom stereocenters. The second kappa shape index (κ2) is 5.83. The summed E-state index contributed by atoms with van der Waals surface area (Å²) in [6.45, 7) is 6.01. The van der Waals surface area contributed by atoms with Crippen LogP contribution in [0.5, 0.6) is 6.01 Å². The smallest absolute Gasteiger partial charge is 0.322 e. The van der Waals surface area contributed by atoms with E-state index in [-0.39, 0.29) is 17.4 Å². The highest BCUT2D eigenvalue weighted by molar-refractivity contribution is 6.28. The molecule has 0 fully saturated rings. The Morgan fingerprint density at radius 3 is 2.79 bits per heavy atom. The maximum Gasteiger partial charge on any atom is 0.322 e. The van der Waals surface area contributed by atoms with Crippen LogP contribution in [0.4, 0.5) is 5.95 Å². The third-order valence-corrected chi connectivity index (χ3v) is 2.20. The van der Waals surface area contributed by atoms with Crippen molar-refractivity contribution >= 4 is 17.5 Å². The van der Waals surface area contributed by atoms with Gasteiger partial charge in [0, 0.05) is 6.07 Å².